The first kappa shape index (κ1) is 22.4. The zero-order valence-electron chi connectivity index (χ0n) is 17.4. The van der Waals surface area contributed by atoms with E-state index in [0.717, 1.165) is 6.07 Å². The van der Waals surface area contributed by atoms with E-state index in [1.807, 2.05) is 22.6 Å². The summed E-state index contributed by atoms with van der Waals surface area (Å²) >= 11 is 1.94. The molecule has 2 aliphatic rings. The van der Waals surface area contributed by atoms with Crippen molar-refractivity contribution in [1.82, 2.24) is 10.0 Å². The highest BCUT2D eigenvalue weighted by Gasteiger charge is 2.48. The van der Waals surface area contributed by atoms with Crippen molar-refractivity contribution in [2.24, 2.45) is 0 Å². The molecule has 172 valence electrons. The molecule has 0 saturated heterocycles. The second kappa shape index (κ2) is 8.13. The summed E-state index contributed by atoms with van der Waals surface area (Å²) in [5.74, 6) is -5.37. The van der Waals surface area contributed by atoms with Crippen LogP contribution in [0.4, 0.5) is 5.69 Å². The predicted octanol–water partition coefficient (Wildman–Crippen LogP) is 3.05. The normalized spacial score (nSPS) is 14.3. The molecule has 5 rings (SSSR count). The van der Waals surface area contributed by atoms with Gasteiger partial charge in [0.05, 0.1) is 33.5 Å². The van der Waals surface area contributed by atoms with E-state index in [0.29, 0.717) is 13.6 Å². The third kappa shape index (κ3) is 3.47. The molecule has 2 heterocycles. The number of halogens is 1. The number of anilines is 1. The number of rotatable bonds is 4. The SMILES string of the molecule is O=C(Nc1ccc(I)cc1C(=O)O)c1ccc2c(c1)C(=O)N(N1C(=O)c3ccccc3C1=O)C2=O. The number of aromatic carboxylic acids is 1. The Kier molecular flexibility index (Phi) is 5.20. The molecular weight excluding hydrogens is 569 g/mol. The standard InChI is InChI=1S/C24H12IN3O7/c25-12-6-8-18(17(10-12)24(34)35)26-19(29)11-5-7-15-16(9-11)23(33)28(22(15)32)27-20(30)13-3-1-2-4-14(13)21(27)31/h1-10H,(H,26,29)(H,34,35). The van der Waals surface area contributed by atoms with Gasteiger partial charge in [-0.25, -0.2) is 4.79 Å². The van der Waals surface area contributed by atoms with Crippen LogP contribution < -0.4 is 5.32 Å². The van der Waals surface area contributed by atoms with Gasteiger partial charge in [0.15, 0.2) is 0 Å². The Morgan fingerprint density at radius 3 is 1.83 bits per heavy atom. The first-order chi connectivity index (χ1) is 16.7. The predicted molar refractivity (Wildman–Crippen MR) is 128 cm³/mol. The number of amides is 5. The van der Waals surface area contributed by atoms with Crippen molar-refractivity contribution in [3.05, 3.63) is 97.6 Å². The molecule has 0 aromatic heterocycles. The number of fused-ring (bicyclic) bond motifs is 2. The fraction of sp³-hybridized carbons (Fsp3) is 0. The summed E-state index contributed by atoms with van der Waals surface area (Å²) in [6.45, 7) is 0. The molecule has 11 heteroatoms. The molecule has 2 aliphatic heterocycles. The van der Waals surface area contributed by atoms with E-state index in [4.69, 9.17) is 0 Å². The zero-order chi connectivity index (χ0) is 25.0. The molecule has 0 spiro atoms. The quantitative estimate of drug-likeness (QED) is 0.357. The number of benzene rings is 3. The van der Waals surface area contributed by atoms with Crippen LogP contribution in [0.2, 0.25) is 0 Å². The fourth-order valence-electron chi connectivity index (χ4n) is 3.91. The topological polar surface area (TPSA) is 141 Å². The lowest BCUT2D eigenvalue weighted by atomic mass is 10.0. The minimum absolute atomic E-state index is 0.0241. The molecule has 5 amide bonds. The van der Waals surface area contributed by atoms with Crippen LogP contribution in [0, 0.1) is 3.57 Å². The molecular formula is C24H12IN3O7. The van der Waals surface area contributed by atoms with Gasteiger partial charge in [0.25, 0.3) is 29.5 Å². The Hall–Kier alpha value is -4.39. The molecule has 3 aromatic rings. The molecule has 0 bridgehead atoms. The molecule has 35 heavy (non-hydrogen) atoms. The molecule has 0 unspecified atom stereocenters. The van der Waals surface area contributed by atoms with E-state index in [9.17, 15) is 33.9 Å². The summed E-state index contributed by atoms with van der Waals surface area (Å²) in [5.41, 5.74) is -0.192. The molecule has 0 fully saturated rings. The van der Waals surface area contributed by atoms with E-state index in [1.165, 1.54) is 36.4 Å². The summed E-state index contributed by atoms with van der Waals surface area (Å²) in [4.78, 5) is 75.9. The van der Waals surface area contributed by atoms with Crippen molar-refractivity contribution in [3.63, 3.8) is 0 Å². The fourth-order valence-corrected chi connectivity index (χ4v) is 4.40. The Bertz CT molecular complexity index is 1500. The van der Waals surface area contributed by atoms with E-state index in [2.05, 4.69) is 5.32 Å². The van der Waals surface area contributed by atoms with Gasteiger partial charge >= 0.3 is 5.97 Å². The van der Waals surface area contributed by atoms with E-state index in [-0.39, 0.29) is 39.1 Å². The van der Waals surface area contributed by atoms with Gasteiger partial charge in [-0.15, -0.1) is 0 Å². The van der Waals surface area contributed by atoms with Gasteiger partial charge in [0.2, 0.25) is 0 Å². The van der Waals surface area contributed by atoms with E-state index >= 15 is 0 Å². The molecule has 0 aliphatic carbocycles. The summed E-state index contributed by atoms with van der Waals surface area (Å²) in [7, 11) is 0. The minimum Gasteiger partial charge on any atom is -0.478 e. The first-order valence-electron chi connectivity index (χ1n) is 10.0. The number of nitrogens with one attached hydrogen (secondary N) is 1. The lowest BCUT2D eigenvalue weighted by Crippen LogP contribution is -2.49. The second-order valence-electron chi connectivity index (χ2n) is 7.60. The number of carboxylic acids is 1. The van der Waals surface area contributed by atoms with Crippen LogP contribution in [0.5, 0.6) is 0 Å². The lowest BCUT2D eigenvalue weighted by Gasteiger charge is -2.23. The highest BCUT2D eigenvalue weighted by atomic mass is 127. The monoisotopic (exact) mass is 581 g/mol. The Balaban J connectivity index is 1.45. The van der Waals surface area contributed by atoms with Crippen molar-refractivity contribution < 1.29 is 33.9 Å². The van der Waals surface area contributed by atoms with Crippen LogP contribution in [0.15, 0.2) is 60.7 Å². The van der Waals surface area contributed by atoms with Crippen molar-refractivity contribution in [2.75, 3.05) is 5.32 Å². The maximum absolute atomic E-state index is 13.1. The van der Waals surface area contributed by atoms with Gasteiger partial charge in [-0.1, -0.05) is 12.1 Å². The van der Waals surface area contributed by atoms with Gasteiger partial charge in [-0.3, -0.25) is 24.0 Å². The maximum atomic E-state index is 13.1. The molecule has 10 nitrogen and oxygen atoms in total. The number of carbonyl (C=O) groups excluding carboxylic acids is 5. The number of nitrogens with zero attached hydrogens (tertiary/aromatic N) is 2. The van der Waals surface area contributed by atoms with E-state index in [1.54, 1.807) is 18.2 Å². The highest BCUT2D eigenvalue weighted by molar-refractivity contribution is 14.1. The lowest BCUT2D eigenvalue weighted by molar-refractivity contribution is 0.00845. The highest BCUT2D eigenvalue weighted by Crippen LogP contribution is 2.31. The average molecular weight is 581 g/mol. The number of carboxylic acid groups (broad SMARTS) is 1. The third-order valence-corrected chi connectivity index (χ3v) is 6.23. The Labute approximate surface area is 210 Å². The van der Waals surface area contributed by atoms with Crippen LogP contribution >= 0.6 is 22.6 Å². The van der Waals surface area contributed by atoms with Crippen LogP contribution in [0.25, 0.3) is 0 Å². The molecule has 3 aromatic carbocycles. The molecule has 2 N–H and O–H groups in total. The van der Waals surface area contributed by atoms with Gasteiger partial charge < -0.3 is 10.4 Å². The Morgan fingerprint density at radius 1 is 0.714 bits per heavy atom. The third-order valence-electron chi connectivity index (χ3n) is 5.56. The van der Waals surface area contributed by atoms with E-state index < -0.39 is 35.5 Å². The van der Waals surface area contributed by atoms with Crippen molar-refractivity contribution in [2.45, 2.75) is 0 Å². The van der Waals surface area contributed by atoms with Crippen molar-refractivity contribution in [1.29, 1.82) is 0 Å². The second-order valence-corrected chi connectivity index (χ2v) is 8.84. The smallest absolute Gasteiger partial charge is 0.337 e. The van der Waals surface area contributed by atoms with Crippen LogP contribution in [-0.4, -0.2) is 50.6 Å². The number of hydrazine groups is 1. The first-order valence-corrected chi connectivity index (χ1v) is 11.1. The number of hydrogen-bond acceptors (Lipinski definition) is 6. The maximum Gasteiger partial charge on any atom is 0.337 e. The van der Waals surface area contributed by atoms with Gasteiger partial charge in [0, 0.05) is 9.13 Å². The average Bonchev–Trinajstić information content (AvgIpc) is 3.24. The zero-order valence-corrected chi connectivity index (χ0v) is 19.6. The Morgan fingerprint density at radius 2 is 1.26 bits per heavy atom. The van der Waals surface area contributed by atoms with Crippen LogP contribution in [0.3, 0.4) is 0 Å². The van der Waals surface area contributed by atoms with Gasteiger partial charge in [-0.2, -0.15) is 10.0 Å². The molecule has 0 atom stereocenters. The van der Waals surface area contributed by atoms with Gasteiger partial charge in [0.1, 0.15) is 0 Å². The minimum atomic E-state index is -1.23. The number of imide groups is 2. The summed E-state index contributed by atoms with van der Waals surface area (Å²) in [6.07, 6.45) is 0. The summed E-state index contributed by atoms with van der Waals surface area (Å²) in [6, 6.07) is 14.1. The molecule has 0 radical (unpaired) electrons. The van der Waals surface area contributed by atoms with Crippen LogP contribution in [-0.2, 0) is 0 Å². The van der Waals surface area contributed by atoms with Crippen LogP contribution in [0.1, 0.15) is 62.1 Å². The number of carbonyl (C=O) groups is 6. The summed E-state index contributed by atoms with van der Waals surface area (Å²) in [5, 5.41) is 12.9. The molecule has 0 saturated carbocycles. The summed E-state index contributed by atoms with van der Waals surface area (Å²) < 4.78 is 0.660. The largest absolute Gasteiger partial charge is 0.478 e. The van der Waals surface area contributed by atoms with Crippen molar-refractivity contribution >= 4 is 63.8 Å². The van der Waals surface area contributed by atoms with Gasteiger partial charge in [-0.05, 0) is 71.1 Å². The number of hydrogen-bond donors (Lipinski definition) is 2. The van der Waals surface area contributed by atoms with Crippen molar-refractivity contribution in [3.8, 4) is 0 Å².